The predicted octanol–water partition coefficient (Wildman–Crippen LogP) is 3.48. The molecule has 0 radical (unpaired) electrons. The van der Waals surface area contributed by atoms with Crippen LogP contribution in [0.4, 0.5) is 4.79 Å². The second-order valence-corrected chi connectivity index (χ2v) is 7.70. The number of amides is 2. The van der Waals surface area contributed by atoms with Gasteiger partial charge in [-0.1, -0.05) is 25.1 Å². The zero-order chi connectivity index (χ0) is 16.8. The summed E-state index contributed by atoms with van der Waals surface area (Å²) in [5, 5.41) is 3.41. The van der Waals surface area contributed by atoms with Gasteiger partial charge in [-0.05, 0) is 25.0 Å². The zero-order valence-corrected chi connectivity index (χ0v) is 14.8. The molecule has 1 aliphatic rings. The van der Waals surface area contributed by atoms with Crippen LogP contribution in [-0.2, 0) is 0 Å². The van der Waals surface area contributed by atoms with Crippen molar-refractivity contribution in [2.24, 2.45) is 0 Å². The third kappa shape index (κ3) is 4.54. The number of H-pyrrole nitrogens is 1. The highest BCUT2D eigenvalue weighted by molar-refractivity contribution is 8.00. The van der Waals surface area contributed by atoms with Gasteiger partial charge in [0.2, 0.25) is 0 Å². The number of hydrogen-bond donors (Lipinski definition) is 2. The van der Waals surface area contributed by atoms with Gasteiger partial charge in [0.15, 0.2) is 0 Å². The number of nitrogens with zero attached hydrogens (tertiary/aromatic N) is 2. The van der Waals surface area contributed by atoms with Crippen molar-refractivity contribution in [2.75, 3.05) is 19.6 Å². The Hall–Kier alpha value is -1.95. The van der Waals surface area contributed by atoms with E-state index in [0.29, 0.717) is 17.7 Å². The van der Waals surface area contributed by atoms with E-state index in [1.165, 1.54) is 4.90 Å². The first-order chi connectivity index (χ1) is 11.7. The van der Waals surface area contributed by atoms with Gasteiger partial charge in [-0.3, -0.25) is 0 Å². The Balaban J connectivity index is 1.46. The van der Waals surface area contributed by atoms with Crippen molar-refractivity contribution >= 4 is 17.8 Å². The smallest absolute Gasteiger partial charge is 0.317 e. The Morgan fingerprint density at radius 2 is 2.29 bits per heavy atom. The van der Waals surface area contributed by atoms with Crippen LogP contribution in [0.15, 0.2) is 47.6 Å². The summed E-state index contributed by atoms with van der Waals surface area (Å²) in [6, 6.07) is 10.3. The Morgan fingerprint density at radius 3 is 3.04 bits per heavy atom. The molecule has 2 atom stereocenters. The number of hydrogen-bond acceptors (Lipinski definition) is 3. The number of rotatable bonds is 5. The fourth-order valence-electron chi connectivity index (χ4n) is 3.00. The molecular formula is C18H24N4OS. The molecular weight excluding hydrogens is 320 g/mol. The van der Waals surface area contributed by atoms with Crippen LogP contribution < -0.4 is 5.32 Å². The fourth-order valence-corrected chi connectivity index (χ4v) is 3.95. The van der Waals surface area contributed by atoms with Gasteiger partial charge in [-0.25, -0.2) is 9.78 Å². The molecule has 1 aromatic heterocycles. The van der Waals surface area contributed by atoms with Crippen LogP contribution in [-0.4, -0.2) is 45.8 Å². The van der Waals surface area contributed by atoms with Gasteiger partial charge in [-0.2, -0.15) is 0 Å². The third-order valence-corrected chi connectivity index (χ3v) is 5.35. The molecule has 1 fully saturated rings. The number of thioether (sulfide) groups is 1. The summed E-state index contributed by atoms with van der Waals surface area (Å²) < 4.78 is 0. The molecule has 5 nitrogen and oxygen atoms in total. The summed E-state index contributed by atoms with van der Waals surface area (Å²) in [6.07, 6.45) is 5.72. The molecule has 2 N–H and O–H groups in total. The lowest BCUT2D eigenvalue weighted by Gasteiger charge is -2.32. The molecule has 0 aliphatic carbocycles. The minimum atomic E-state index is 0.0340. The zero-order valence-electron chi connectivity index (χ0n) is 13.9. The Kier molecular flexibility index (Phi) is 5.80. The van der Waals surface area contributed by atoms with Crippen LogP contribution in [0.25, 0.3) is 0 Å². The largest absolute Gasteiger partial charge is 0.348 e. The Bertz CT molecular complexity index is 632. The van der Waals surface area contributed by atoms with Crippen molar-refractivity contribution in [3.63, 3.8) is 0 Å². The summed E-state index contributed by atoms with van der Waals surface area (Å²) in [5.41, 5.74) is 0. The van der Waals surface area contributed by atoms with Gasteiger partial charge in [0, 0.05) is 48.1 Å². The second kappa shape index (κ2) is 8.24. The minimum Gasteiger partial charge on any atom is -0.348 e. The summed E-state index contributed by atoms with van der Waals surface area (Å²) in [5.74, 6) is 1.30. The van der Waals surface area contributed by atoms with E-state index >= 15 is 0 Å². The van der Waals surface area contributed by atoms with Crippen LogP contribution in [0.2, 0.25) is 0 Å². The van der Waals surface area contributed by atoms with Crippen LogP contribution in [0, 0.1) is 0 Å². The molecule has 2 aromatic rings. The number of carbonyl (C=O) groups excluding carboxylic acids is 1. The summed E-state index contributed by atoms with van der Waals surface area (Å²) >= 11 is 1.78. The molecule has 3 rings (SSSR count). The van der Waals surface area contributed by atoms with Crippen molar-refractivity contribution in [3.05, 3.63) is 48.5 Å². The van der Waals surface area contributed by atoms with Crippen molar-refractivity contribution < 1.29 is 4.79 Å². The van der Waals surface area contributed by atoms with E-state index in [-0.39, 0.29) is 6.03 Å². The third-order valence-electron chi connectivity index (χ3n) is 4.24. The molecule has 1 saturated heterocycles. The minimum absolute atomic E-state index is 0.0340. The average Bonchev–Trinajstić information content (AvgIpc) is 3.15. The van der Waals surface area contributed by atoms with Crippen molar-refractivity contribution in [3.8, 4) is 0 Å². The van der Waals surface area contributed by atoms with E-state index < -0.39 is 0 Å². The van der Waals surface area contributed by atoms with Crippen LogP contribution in [0.3, 0.4) is 0 Å². The van der Waals surface area contributed by atoms with E-state index in [2.05, 4.69) is 34.3 Å². The first-order valence-corrected chi connectivity index (χ1v) is 9.34. The van der Waals surface area contributed by atoms with E-state index in [1.807, 2.05) is 29.3 Å². The van der Waals surface area contributed by atoms with Crippen molar-refractivity contribution in [1.29, 1.82) is 0 Å². The highest BCUT2D eigenvalue weighted by atomic mass is 32.2. The lowest BCUT2D eigenvalue weighted by Crippen LogP contribution is -2.46. The molecule has 1 aromatic carbocycles. The molecule has 0 bridgehead atoms. The van der Waals surface area contributed by atoms with Gasteiger partial charge in [0.25, 0.3) is 0 Å². The first kappa shape index (κ1) is 16.9. The SMILES string of the molecule is C[C@@H](CNC(=O)N1CCC[C@H](c2ncc[nH]2)C1)Sc1ccccc1. The number of aromatic amines is 1. The van der Waals surface area contributed by atoms with E-state index in [9.17, 15) is 4.79 Å². The molecule has 0 unspecified atom stereocenters. The number of urea groups is 1. The molecule has 128 valence electrons. The molecule has 2 amide bonds. The monoisotopic (exact) mass is 344 g/mol. The topological polar surface area (TPSA) is 61.0 Å². The maximum atomic E-state index is 12.4. The van der Waals surface area contributed by atoms with Gasteiger partial charge in [0.05, 0.1) is 0 Å². The van der Waals surface area contributed by atoms with Gasteiger partial charge in [0.1, 0.15) is 5.82 Å². The van der Waals surface area contributed by atoms with Crippen LogP contribution in [0.1, 0.15) is 31.5 Å². The standard InChI is InChI=1S/C18H24N4OS/c1-14(24-16-7-3-2-4-8-16)12-21-18(23)22-11-5-6-15(13-22)17-19-9-10-20-17/h2-4,7-10,14-15H,5-6,11-13H2,1H3,(H,19,20)(H,21,23)/t14-,15-/m0/s1. The molecule has 0 spiro atoms. The van der Waals surface area contributed by atoms with Crippen LogP contribution >= 0.6 is 11.8 Å². The fraction of sp³-hybridized carbons (Fsp3) is 0.444. The summed E-state index contributed by atoms with van der Waals surface area (Å²) in [4.78, 5) is 23.1. The summed E-state index contributed by atoms with van der Waals surface area (Å²) in [7, 11) is 0. The molecule has 6 heteroatoms. The molecule has 24 heavy (non-hydrogen) atoms. The van der Waals surface area contributed by atoms with E-state index in [4.69, 9.17) is 0 Å². The number of likely N-dealkylation sites (tertiary alicyclic amines) is 1. The number of carbonyl (C=O) groups is 1. The van der Waals surface area contributed by atoms with Gasteiger partial charge in [-0.15, -0.1) is 11.8 Å². The molecule has 0 saturated carbocycles. The van der Waals surface area contributed by atoms with E-state index in [1.54, 1.807) is 18.0 Å². The number of imidazole rings is 1. The Morgan fingerprint density at radius 1 is 1.46 bits per heavy atom. The average molecular weight is 344 g/mol. The number of nitrogens with one attached hydrogen (secondary N) is 2. The first-order valence-electron chi connectivity index (χ1n) is 8.46. The molecule has 1 aliphatic heterocycles. The van der Waals surface area contributed by atoms with Crippen molar-refractivity contribution in [1.82, 2.24) is 20.2 Å². The Labute approximate surface area is 147 Å². The van der Waals surface area contributed by atoms with Gasteiger partial charge >= 0.3 is 6.03 Å². The predicted molar refractivity (Wildman–Crippen MR) is 97.3 cm³/mol. The summed E-state index contributed by atoms with van der Waals surface area (Å²) in [6.45, 7) is 4.36. The maximum Gasteiger partial charge on any atom is 0.317 e. The maximum absolute atomic E-state index is 12.4. The second-order valence-electron chi connectivity index (χ2n) is 6.19. The highest BCUT2D eigenvalue weighted by Crippen LogP contribution is 2.25. The molecule has 2 heterocycles. The van der Waals surface area contributed by atoms with Crippen LogP contribution in [0.5, 0.6) is 0 Å². The van der Waals surface area contributed by atoms with Crippen molar-refractivity contribution in [2.45, 2.75) is 35.8 Å². The number of aromatic nitrogens is 2. The normalized spacial score (nSPS) is 19.0. The van der Waals surface area contributed by atoms with E-state index in [0.717, 1.165) is 31.8 Å². The quantitative estimate of drug-likeness (QED) is 0.816. The highest BCUT2D eigenvalue weighted by Gasteiger charge is 2.26. The number of piperidine rings is 1. The van der Waals surface area contributed by atoms with Gasteiger partial charge < -0.3 is 15.2 Å². The number of benzene rings is 1. The lowest BCUT2D eigenvalue weighted by atomic mass is 9.98. The lowest BCUT2D eigenvalue weighted by molar-refractivity contribution is 0.178.